The SMILES string of the molecule is O=C1CCC(c2c(F)cc(N3CCN(CCC4CCN(NC(=O)c5ccc(Nc6ncc(F)c(Nc7ccc(NC(=O)c8ccccc8F)cc7)n6)cc5F)CC4)CC3)cc2F)C(=O)N1. The van der Waals surface area contributed by atoms with Gasteiger partial charge in [-0.2, -0.15) is 4.98 Å². The highest BCUT2D eigenvalue weighted by Crippen LogP contribution is 2.33. The molecule has 0 spiro atoms. The van der Waals surface area contributed by atoms with E-state index in [0.717, 1.165) is 38.1 Å². The molecule has 3 fully saturated rings. The maximum atomic E-state index is 15.3. The second-order valence-corrected chi connectivity index (χ2v) is 16.2. The van der Waals surface area contributed by atoms with E-state index in [1.54, 1.807) is 35.3 Å². The lowest BCUT2D eigenvalue weighted by Crippen LogP contribution is -2.48. The minimum atomic E-state index is -1.04. The predicted molar refractivity (Wildman–Crippen MR) is 232 cm³/mol. The number of imide groups is 1. The lowest BCUT2D eigenvalue weighted by Gasteiger charge is -2.38. The Morgan fingerprint density at radius 2 is 1.37 bits per heavy atom. The van der Waals surface area contributed by atoms with Gasteiger partial charge in [0, 0.05) is 74.0 Å². The second-order valence-electron chi connectivity index (χ2n) is 16.2. The van der Waals surface area contributed by atoms with Gasteiger partial charge in [-0.3, -0.25) is 34.8 Å². The number of carbonyl (C=O) groups is 4. The average molecular weight is 897 g/mol. The number of nitrogens with one attached hydrogen (secondary N) is 5. The summed E-state index contributed by atoms with van der Waals surface area (Å²) in [5.74, 6) is -7.01. The molecule has 3 aliphatic rings. The summed E-state index contributed by atoms with van der Waals surface area (Å²) in [5, 5.41) is 12.2. The van der Waals surface area contributed by atoms with Gasteiger partial charge in [-0.1, -0.05) is 12.1 Å². The molecule has 8 rings (SSSR count). The predicted octanol–water partition coefficient (Wildman–Crippen LogP) is 7.00. The van der Waals surface area contributed by atoms with Crippen LogP contribution in [0.1, 0.15) is 64.3 Å². The maximum absolute atomic E-state index is 15.3. The molecule has 4 heterocycles. The van der Waals surface area contributed by atoms with E-state index in [2.05, 4.69) is 41.6 Å². The number of nitrogens with zero attached hydrogens (tertiary/aromatic N) is 5. The van der Waals surface area contributed by atoms with Gasteiger partial charge in [-0.15, -0.1) is 0 Å². The van der Waals surface area contributed by atoms with Crippen molar-refractivity contribution in [2.24, 2.45) is 5.92 Å². The highest BCUT2D eigenvalue weighted by atomic mass is 19.1. The summed E-state index contributed by atoms with van der Waals surface area (Å²) in [6.45, 7) is 4.61. The van der Waals surface area contributed by atoms with Crippen molar-refractivity contribution in [2.45, 2.75) is 38.0 Å². The number of rotatable bonds is 13. The fourth-order valence-electron chi connectivity index (χ4n) is 8.23. The minimum Gasteiger partial charge on any atom is -0.369 e. The summed E-state index contributed by atoms with van der Waals surface area (Å²) in [5.41, 5.74) is 3.66. The van der Waals surface area contributed by atoms with Crippen LogP contribution in [0.25, 0.3) is 0 Å². The molecule has 3 saturated heterocycles. The zero-order valence-corrected chi connectivity index (χ0v) is 35.0. The highest BCUT2D eigenvalue weighted by molar-refractivity contribution is 6.04. The standard InChI is InChI=1S/C46H45F5N10O4/c47-35-4-2-1-3-32(35)43(63)54-29-7-5-28(6-8-29)53-42-39(51)26-52-46(57-42)55-30-9-10-33(36(48)23-30)45(65)58-61-17-14-27(15-18-61)13-16-59-19-21-60(22-20-59)31-24-37(49)41(38(50)25-31)34-11-12-40(62)56-44(34)64/h1-10,23-27,34H,11-22H2,(H,54,63)(H,58,65)(H,56,62,64)(H2,52,53,55,57). The number of amides is 4. The molecule has 0 radical (unpaired) electrons. The van der Waals surface area contributed by atoms with E-state index in [4.69, 9.17) is 0 Å². The Morgan fingerprint density at radius 1 is 0.692 bits per heavy atom. The van der Waals surface area contributed by atoms with Crippen molar-refractivity contribution in [1.82, 2.24) is 30.6 Å². The first-order valence-electron chi connectivity index (χ1n) is 21.2. The van der Waals surface area contributed by atoms with Gasteiger partial charge < -0.3 is 20.9 Å². The molecular formula is C46H45F5N10O4. The Balaban J connectivity index is 0.761. The Labute approximate surface area is 370 Å². The third kappa shape index (κ3) is 10.9. The molecule has 0 saturated carbocycles. The average Bonchev–Trinajstić information content (AvgIpc) is 3.28. The van der Waals surface area contributed by atoms with E-state index in [1.807, 2.05) is 4.90 Å². The number of piperidine rings is 2. The monoisotopic (exact) mass is 896 g/mol. The van der Waals surface area contributed by atoms with Crippen LogP contribution < -0.4 is 31.6 Å². The molecule has 14 nitrogen and oxygen atoms in total. The third-order valence-corrected chi connectivity index (χ3v) is 11.9. The molecule has 0 bridgehead atoms. The van der Waals surface area contributed by atoms with Crippen molar-refractivity contribution in [1.29, 1.82) is 0 Å². The van der Waals surface area contributed by atoms with Crippen molar-refractivity contribution in [2.75, 3.05) is 66.7 Å². The summed E-state index contributed by atoms with van der Waals surface area (Å²) < 4.78 is 74.2. The second kappa shape index (κ2) is 19.8. The largest absolute Gasteiger partial charge is 0.369 e. The van der Waals surface area contributed by atoms with Crippen LogP contribution in [0.5, 0.6) is 0 Å². The van der Waals surface area contributed by atoms with Crippen LogP contribution >= 0.6 is 0 Å². The van der Waals surface area contributed by atoms with E-state index < -0.39 is 58.6 Å². The molecule has 5 aromatic rings. The Bertz CT molecular complexity index is 2560. The number of anilines is 6. The van der Waals surface area contributed by atoms with Gasteiger partial charge in [0.25, 0.3) is 11.8 Å². The molecule has 1 unspecified atom stereocenters. The molecule has 338 valence electrons. The van der Waals surface area contributed by atoms with Crippen molar-refractivity contribution in [3.05, 3.63) is 131 Å². The van der Waals surface area contributed by atoms with Crippen LogP contribution in [0.2, 0.25) is 0 Å². The normalized spacial score (nSPS) is 17.4. The number of carbonyl (C=O) groups excluding carboxylic acids is 4. The first-order chi connectivity index (χ1) is 31.4. The molecule has 5 N–H and O–H groups in total. The number of benzene rings is 4. The van der Waals surface area contributed by atoms with Crippen LogP contribution in [0.3, 0.4) is 0 Å². The molecule has 1 atom stereocenters. The van der Waals surface area contributed by atoms with Crippen molar-refractivity contribution in [3.63, 3.8) is 0 Å². The van der Waals surface area contributed by atoms with Gasteiger partial charge in [-0.25, -0.2) is 31.9 Å². The van der Waals surface area contributed by atoms with Crippen LogP contribution in [0.15, 0.2) is 85.1 Å². The number of hydrogen-bond acceptors (Lipinski definition) is 11. The fraction of sp³-hybridized carbons (Fsp3) is 0.304. The number of hydrogen-bond donors (Lipinski definition) is 5. The summed E-state index contributed by atoms with van der Waals surface area (Å²) >= 11 is 0. The van der Waals surface area contributed by atoms with Gasteiger partial charge in [0.1, 0.15) is 23.3 Å². The van der Waals surface area contributed by atoms with Gasteiger partial charge >= 0.3 is 0 Å². The lowest BCUT2D eigenvalue weighted by molar-refractivity contribution is -0.134. The first-order valence-corrected chi connectivity index (χ1v) is 21.2. The lowest BCUT2D eigenvalue weighted by atomic mass is 9.89. The molecule has 4 aromatic carbocycles. The molecular weight excluding hydrogens is 852 g/mol. The topological polar surface area (TPSA) is 164 Å². The van der Waals surface area contributed by atoms with E-state index in [-0.39, 0.29) is 47.0 Å². The Kier molecular flexibility index (Phi) is 13.6. The minimum absolute atomic E-state index is 0.0292. The summed E-state index contributed by atoms with van der Waals surface area (Å²) in [6, 6.07) is 18.3. The number of piperazine rings is 1. The molecule has 4 amide bonds. The summed E-state index contributed by atoms with van der Waals surface area (Å²) in [6.07, 6.45) is 3.64. The quantitative estimate of drug-likeness (QED) is 0.0611. The zero-order chi connectivity index (χ0) is 45.6. The smallest absolute Gasteiger partial charge is 0.268 e. The number of halogens is 5. The van der Waals surface area contributed by atoms with Crippen LogP contribution in [-0.4, -0.2) is 89.3 Å². The van der Waals surface area contributed by atoms with E-state index in [1.165, 1.54) is 42.5 Å². The van der Waals surface area contributed by atoms with Crippen LogP contribution in [-0.2, 0) is 9.59 Å². The van der Waals surface area contributed by atoms with Crippen LogP contribution in [0.4, 0.5) is 56.5 Å². The zero-order valence-electron chi connectivity index (χ0n) is 35.0. The van der Waals surface area contributed by atoms with Crippen molar-refractivity contribution >= 4 is 58.1 Å². The van der Waals surface area contributed by atoms with Gasteiger partial charge in [0.2, 0.25) is 17.8 Å². The first kappa shape index (κ1) is 44.6. The Morgan fingerprint density at radius 3 is 2.06 bits per heavy atom. The number of hydrazine groups is 1. The molecule has 3 aliphatic heterocycles. The van der Waals surface area contributed by atoms with Crippen LogP contribution in [0, 0.1) is 35.0 Å². The molecule has 0 aliphatic carbocycles. The van der Waals surface area contributed by atoms with E-state index >= 15 is 13.2 Å². The third-order valence-electron chi connectivity index (χ3n) is 11.9. The summed E-state index contributed by atoms with van der Waals surface area (Å²) in [4.78, 5) is 61.6. The van der Waals surface area contributed by atoms with Gasteiger partial charge in [0.05, 0.1) is 23.2 Å². The van der Waals surface area contributed by atoms with Crippen molar-refractivity contribution in [3.8, 4) is 0 Å². The van der Waals surface area contributed by atoms with Gasteiger partial charge in [-0.05, 0) is 105 Å². The molecule has 1 aromatic heterocycles. The van der Waals surface area contributed by atoms with Crippen molar-refractivity contribution < 1.29 is 41.1 Å². The summed E-state index contributed by atoms with van der Waals surface area (Å²) in [7, 11) is 0. The fourth-order valence-corrected chi connectivity index (χ4v) is 8.23. The molecule has 19 heteroatoms. The highest BCUT2D eigenvalue weighted by Gasteiger charge is 2.33. The van der Waals surface area contributed by atoms with Gasteiger partial charge in [0.15, 0.2) is 11.6 Å². The number of aromatic nitrogens is 2. The van der Waals surface area contributed by atoms with E-state index in [0.29, 0.717) is 62.2 Å². The Hall–Kier alpha value is -6.99. The van der Waals surface area contributed by atoms with E-state index in [9.17, 15) is 28.0 Å². The molecule has 65 heavy (non-hydrogen) atoms. The maximum Gasteiger partial charge on any atom is 0.268 e.